The lowest BCUT2D eigenvalue weighted by molar-refractivity contribution is 0.00782. The van der Waals surface area contributed by atoms with E-state index in [1.807, 2.05) is 6.92 Å². The van der Waals surface area contributed by atoms with Crippen molar-refractivity contribution in [1.82, 2.24) is 5.32 Å². The Morgan fingerprint density at radius 3 is 2.60 bits per heavy atom. The van der Waals surface area contributed by atoms with Crippen LogP contribution in [0.3, 0.4) is 0 Å². The summed E-state index contributed by atoms with van der Waals surface area (Å²) >= 11 is 0. The highest BCUT2D eigenvalue weighted by atomic mass is 16.3. The van der Waals surface area contributed by atoms with Crippen LogP contribution in [0.25, 0.3) is 0 Å². The summed E-state index contributed by atoms with van der Waals surface area (Å²) in [6.45, 7) is 5.81. The molecule has 2 heteroatoms. The van der Waals surface area contributed by atoms with Crippen LogP contribution in [0.15, 0.2) is 24.3 Å². The SMILES string of the molecule is Cc1ccc(C2CNCCC2(C)O)cc1. The van der Waals surface area contributed by atoms with Gasteiger partial charge in [-0.2, -0.15) is 0 Å². The molecule has 0 saturated carbocycles. The summed E-state index contributed by atoms with van der Waals surface area (Å²) in [6, 6.07) is 8.48. The minimum atomic E-state index is -0.569. The number of piperidine rings is 1. The molecule has 2 rings (SSSR count). The zero-order chi connectivity index (χ0) is 10.9. The predicted octanol–water partition coefficient (Wildman–Crippen LogP) is 1.82. The molecule has 2 nitrogen and oxygen atoms in total. The molecule has 1 saturated heterocycles. The molecule has 2 atom stereocenters. The number of nitrogens with one attached hydrogen (secondary N) is 1. The van der Waals surface area contributed by atoms with Gasteiger partial charge in [-0.3, -0.25) is 0 Å². The fourth-order valence-electron chi connectivity index (χ4n) is 2.26. The molecular weight excluding hydrogens is 186 g/mol. The zero-order valence-corrected chi connectivity index (χ0v) is 9.46. The lowest BCUT2D eigenvalue weighted by atomic mass is 9.79. The number of hydrogen-bond acceptors (Lipinski definition) is 2. The van der Waals surface area contributed by atoms with E-state index >= 15 is 0 Å². The van der Waals surface area contributed by atoms with E-state index in [0.29, 0.717) is 0 Å². The van der Waals surface area contributed by atoms with Crippen LogP contribution >= 0.6 is 0 Å². The zero-order valence-electron chi connectivity index (χ0n) is 9.46. The molecule has 1 aromatic rings. The third-order valence-corrected chi connectivity index (χ3v) is 3.39. The van der Waals surface area contributed by atoms with Crippen molar-refractivity contribution in [3.8, 4) is 0 Å². The molecule has 0 aliphatic carbocycles. The van der Waals surface area contributed by atoms with E-state index in [2.05, 4.69) is 36.5 Å². The molecule has 0 radical (unpaired) electrons. The fourth-order valence-corrected chi connectivity index (χ4v) is 2.26. The van der Waals surface area contributed by atoms with E-state index in [4.69, 9.17) is 0 Å². The molecule has 0 spiro atoms. The van der Waals surface area contributed by atoms with Gasteiger partial charge in [-0.1, -0.05) is 29.8 Å². The summed E-state index contributed by atoms with van der Waals surface area (Å²) in [7, 11) is 0. The van der Waals surface area contributed by atoms with Crippen LogP contribution in [-0.2, 0) is 0 Å². The maximum atomic E-state index is 10.3. The second kappa shape index (κ2) is 3.95. The second-order valence-electron chi connectivity index (χ2n) is 4.77. The van der Waals surface area contributed by atoms with Crippen LogP contribution in [0, 0.1) is 6.92 Å². The average Bonchev–Trinajstić information content (AvgIpc) is 2.19. The number of benzene rings is 1. The van der Waals surface area contributed by atoms with Gasteiger partial charge < -0.3 is 10.4 Å². The van der Waals surface area contributed by atoms with Gasteiger partial charge in [-0.15, -0.1) is 0 Å². The Hall–Kier alpha value is -0.860. The van der Waals surface area contributed by atoms with Crippen molar-refractivity contribution in [2.75, 3.05) is 13.1 Å². The Morgan fingerprint density at radius 1 is 1.33 bits per heavy atom. The number of aliphatic hydroxyl groups is 1. The maximum absolute atomic E-state index is 10.3. The van der Waals surface area contributed by atoms with E-state index in [-0.39, 0.29) is 5.92 Å². The molecule has 82 valence electrons. The van der Waals surface area contributed by atoms with Gasteiger partial charge in [-0.05, 0) is 32.4 Å². The molecular formula is C13H19NO. The number of hydrogen-bond donors (Lipinski definition) is 2. The monoisotopic (exact) mass is 205 g/mol. The van der Waals surface area contributed by atoms with E-state index in [9.17, 15) is 5.11 Å². The van der Waals surface area contributed by atoms with Crippen molar-refractivity contribution in [1.29, 1.82) is 0 Å². The Morgan fingerprint density at radius 2 is 2.00 bits per heavy atom. The summed E-state index contributed by atoms with van der Waals surface area (Å²) in [5, 5.41) is 13.7. The molecule has 0 aromatic heterocycles. The Balaban J connectivity index is 2.25. The minimum absolute atomic E-state index is 0.215. The molecule has 15 heavy (non-hydrogen) atoms. The van der Waals surface area contributed by atoms with Crippen molar-refractivity contribution >= 4 is 0 Å². The molecule has 1 heterocycles. The highest BCUT2D eigenvalue weighted by molar-refractivity contribution is 5.27. The van der Waals surface area contributed by atoms with Crippen LogP contribution in [0.5, 0.6) is 0 Å². The third-order valence-electron chi connectivity index (χ3n) is 3.39. The van der Waals surface area contributed by atoms with Crippen molar-refractivity contribution in [3.63, 3.8) is 0 Å². The first-order valence-corrected chi connectivity index (χ1v) is 5.59. The van der Waals surface area contributed by atoms with Gasteiger partial charge >= 0.3 is 0 Å². The Kier molecular flexibility index (Phi) is 2.81. The van der Waals surface area contributed by atoms with E-state index < -0.39 is 5.60 Å². The molecule has 1 aromatic carbocycles. The molecule has 2 unspecified atom stereocenters. The summed E-state index contributed by atoms with van der Waals surface area (Å²) < 4.78 is 0. The minimum Gasteiger partial charge on any atom is -0.389 e. The van der Waals surface area contributed by atoms with E-state index in [1.54, 1.807) is 0 Å². The van der Waals surface area contributed by atoms with Crippen molar-refractivity contribution < 1.29 is 5.11 Å². The lowest BCUT2D eigenvalue weighted by Crippen LogP contribution is -2.46. The smallest absolute Gasteiger partial charge is 0.0712 e. The molecule has 0 amide bonds. The summed E-state index contributed by atoms with van der Waals surface area (Å²) in [5.41, 5.74) is 1.93. The van der Waals surface area contributed by atoms with Gasteiger partial charge in [0.1, 0.15) is 0 Å². The van der Waals surface area contributed by atoms with Crippen molar-refractivity contribution in [3.05, 3.63) is 35.4 Å². The highest BCUT2D eigenvalue weighted by Gasteiger charge is 2.35. The van der Waals surface area contributed by atoms with Crippen molar-refractivity contribution in [2.45, 2.75) is 31.8 Å². The normalized spacial score (nSPS) is 31.5. The second-order valence-corrected chi connectivity index (χ2v) is 4.77. The third kappa shape index (κ3) is 2.21. The van der Waals surface area contributed by atoms with Gasteiger partial charge in [0.25, 0.3) is 0 Å². The first-order chi connectivity index (χ1) is 7.09. The van der Waals surface area contributed by atoms with Gasteiger partial charge in [0, 0.05) is 12.5 Å². The summed E-state index contributed by atoms with van der Waals surface area (Å²) in [5.74, 6) is 0.215. The van der Waals surface area contributed by atoms with E-state index in [0.717, 1.165) is 19.5 Å². The fraction of sp³-hybridized carbons (Fsp3) is 0.538. The highest BCUT2D eigenvalue weighted by Crippen LogP contribution is 2.32. The quantitative estimate of drug-likeness (QED) is 0.733. The van der Waals surface area contributed by atoms with Crippen molar-refractivity contribution in [2.24, 2.45) is 0 Å². The predicted molar refractivity (Wildman–Crippen MR) is 62.0 cm³/mol. The van der Waals surface area contributed by atoms with E-state index in [1.165, 1.54) is 11.1 Å². The average molecular weight is 205 g/mol. The molecule has 1 fully saturated rings. The maximum Gasteiger partial charge on any atom is 0.0712 e. The number of rotatable bonds is 1. The molecule has 1 aliphatic rings. The first-order valence-electron chi connectivity index (χ1n) is 5.59. The molecule has 0 bridgehead atoms. The Bertz CT molecular complexity index is 329. The van der Waals surface area contributed by atoms with Crippen LogP contribution in [0.4, 0.5) is 0 Å². The molecule has 2 N–H and O–H groups in total. The topological polar surface area (TPSA) is 32.3 Å². The van der Waals surface area contributed by atoms with Crippen LogP contribution in [-0.4, -0.2) is 23.8 Å². The summed E-state index contributed by atoms with van der Waals surface area (Å²) in [6.07, 6.45) is 0.825. The standard InChI is InChI=1S/C13H19NO/c1-10-3-5-11(6-4-10)12-9-14-8-7-13(12,2)15/h3-6,12,14-15H,7-9H2,1-2H3. The first kappa shape index (κ1) is 10.7. The van der Waals surface area contributed by atoms with Gasteiger partial charge in [0.05, 0.1) is 5.60 Å². The largest absolute Gasteiger partial charge is 0.389 e. The van der Waals surface area contributed by atoms with Crippen LogP contribution in [0.2, 0.25) is 0 Å². The van der Waals surface area contributed by atoms with Gasteiger partial charge in [-0.25, -0.2) is 0 Å². The van der Waals surface area contributed by atoms with Gasteiger partial charge in [0.15, 0.2) is 0 Å². The van der Waals surface area contributed by atoms with Gasteiger partial charge in [0.2, 0.25) is 0 Å². The Labute approximate surface area is 91.3 Å². The number of aryl methyl sites for hydroxylation is 1. The van der Waals surface area contributed by atoms with Crippen LogP contribution < -0.4 is 5.32 Å². The molecule has 1 aliphatic heterocycles. The van der Waals surface area contributed by atoms with Crippen LogP contribution in [0.1, 0.15) is 30.4 Å². The lowest BCUT2D eigenvalue weighted by Gasteiger charge is -2.38. The summed E-state index contributed by atoms with van der Waals surface area (Å²) in [4.78, 5) is 0.